The molecular weight excluding hydrogens is 250 g/mol. The van der Waals surface area contributed by atoms with E-state index in [0.29, 0.717) is 0 Å². The van der Waals surface area contributed by atoms with Gasteiger partial charge in [-0.05, 0) is 0 Å². The van der Waals surface area contributed by atoms with Crippen molar-refractivity contribution in [3.05, 3.63) is 0 Å². The highest BCUT2D eigenvalue weighted by molar-refractivity contribution is 7.87. The van der Waals surface area contributed by atoms with Gasteiger partial charge in [0, 0.05) is 5.92 Å². The Balaban J connectivity index is 2.72. The number of hydrogen-bond donors (Lipinski definition) is 1. The largest absolute Gasteiger partial charge is 0.465 e. The van der Waals surface area contributed by atoms with Crippen LogP contribution in [-0.2, 0) is 24.4 Å². The van der Waals surface area contributed by atoms with E-state index in [4.69, 9.17) is 9.29 Å². The maximum absolute atomic E-state index is 12.8. The fourth-order valence-electron chi connectivity index (χ4n) is 1.10. The minimum atomic E-state index is -5.81. The Labute approximate surface area is 90.3 Å². The average Bonchev–Trinajstić information content (AvgIpc) is 2.49. The molecule has 0 spiro atoms. The molecule has 1 N–H and O–H groups in total. The van der Waals surface area contributed by atoms with Crippen LogP contribution >= 0.6 is 0 Å². The topological polar surface area (TPSA) is 89.9 Å². The molecule has 16 heavy (non-hydrogen) atoms. The molecule has 0 amide bonds. The number of carbonyl (C=O) groups is 1. The molecule has 0 aromatic carbocycles. The molecule has 1 aliphatic rings. The molecule has 1 fully saturated rings. The molecule has 9 heteroatoms. The monoisotopic (exact) mass is 260 g/mol. The van der Waals surface area contributed by atoms with E-state index in [2.05, 4.69) is 4.74 Å². The van der Waals surface area contributed by atoms with Gasteiger partial charge in [0.1, 0.15) is 6.10 Å². The van der Waals surface area contributed by atoms with Gasteiger partial charge < -0.3 is 9.47 Å². The van der Waals surface area contributed by atoms with Crippen LogP contribution in [0.1, 0.15) is 6.92 Å². The Morgan fingerprint density at radius 2 is 2.06 bits per heavy atom. The van der Waals surface area contributed by atoms with Crippen LogP contribution in [0.15, 0.2) is 0 Å². The lowest BCUT2D eigenvalue weighted by Crippen LogP contribution is -2.41. The molecule has 1 aliphatic heterocycles. The zero-order valence-corrected chi connectivity index (χ0v) is 9.04. The SMILES string of the molecule is CC1COCC1OC(=O)C(F)(F)S(=O)(=O)O. The Hall–Kier alpha value is -0.800. The van der Waals surface area contributed by atoms with Crippen LogP contribution in [-0.4, -0.2) is 43.5 Å². The standard InChI is InChI=1S/C7H10F2O6S/c1-4-2-14-3-5(4)15-6(10)7(8,9)16(11,12)13/h4-5H,2-3H2,1H3,(H,11,12,13). The van der Waals surface area contributed by atoms with E-state index >= 15 is 0 Å². The fraction of sp³-hybridized carbons (Fsp3) is 0.857. The Morgan fingerprint density at radius 1 is 1.50 bits per heavy atom. The van der Waals surface area contributed by atoms with Crippen LogP contribution < -0.4 is 0 Å². The number of rotatable bonds is 3. The zero-order valence-electron chi connectivity index (χ0n) is 8.22. The van der Waals surface area contributed by atoms with Crippen molar-refractivity contribution in [2.24, 2.45) is 5.92 Å². The number of ether oxygens (including phenoxy) is 2. The second-order valence-electron chi connectivity index (χ2n) is 3.45. The van der Waals surface area contributed by atoms with Gasteiger partial charge in [-0.2, -0.15) is 17.2 Å². The van der Waals surface area contributed by atoms with Crippen LogP contribution in [0.4, 0.5) is 8.78 Å². The van der Waals surface area contributed by atoms with Crippen LogP contribution in [0.5, 0.6) is 0 Å². The highest BCUT2D eigenvalue weighted by Gasteiger charge is 2.55. The Morgan fingerprint density at radius 3 is 2.44 bits per heavy atom. The maximum atomic E-state index is 12.8. The van der Waals surface area contributed by atoms with Crippen LogP contribution in [0.3, 0.4) is 0 Å². The van der Waals surface area contributed by atoms with Crippen LogP contribution in [0.2, 0.25) is 0 Å². The first-order valence-corrected chi connectivity index (χ1v) is 5.74. The van der Waals surface area contributed by atoms with Gasteiger partial charge in [-0.25, -0.2) is 4.79 Å². The summed E-state index contributed by atoms with van der Waals surface area (Å²) in [5.74, 6) is -2.60. The average molecular weight is 260 g/mol. The van der Waals surface area contributed by atoms with Crippen molar-refractivity contribution in [1.82, 2.24) is 0 Å². The second-order valence-corrected chi connectivity index (χ2v) is 4.91. The number of halogens is 2. The van der Waals surface area contributed by atoms with Gasteiger partial charge in [0.05, 0.1) is 13.2 Å². The lowest BCUT2D eigenvalue weighted by atomic mass is 10.1. The Bertz CT molecular complexity index is 378. The summed E-state index contributed by atoms with van der Waals surface area (Å²) in [5, 5.41) is -4.95. The molecule has 6 nitrogen and oxygen atoms in total. The van der Waals surface area contributed by atoms with Crippen molar-refractivity contribution in [1.29, 1.82) is 0 Å². The van der Waals surface area contributed by atoms with E-state index in [1.807, 2.05) is 0 Å². The van der Waals surface area contributed by atoms with E-state index < -0.39 is 27.4 Å². The van der Waals surface area contributed by atoms with E-state index in [1.54, 1.807) is 6.92 Å². The summed E-state index contributed by atoms with van der Waals surface area (Å²) in [4.78, 5) is 10.8. The minimum absolute atomic E-state index is 0.0749. The molecule has 1 rings (SSSR count). The summed E-state index contributed by atoms with van der Waals surface area (Å²) in [5.41, 5.74) is 0. The molecule has 0 bridgehead atoms. The van der Waals surface area contributed by atoms with Gasteiger partial charge >= 0.3 is 21.3 Å². The molecule has 0 aromatic rings. The Kier molecular flexibility index (Phi) is 3.50. The van der Waals surface area contributed by atoms with Crippen molar-refractivity contribution in [3.63, 3.8) is 0 Å². The quantitative estimate of drug-likeness (QED) is 0.569. The molecule has 0 aromatic heterocycles. The molecule has 2 atom stereocenters. The zero-order chi connectivity index (χ0) is 12.6. The highest BCUT2D eigenvalue weighted by Crippen LogP contribution is 2.25. The number of esters is 1. The maximum Gasteiger partial charge on any atom is 0.465 e. The predicted molar refractivity (Wildman–Crippen MR) is 46.4 cm³/mol. The predicted octanol–water partition coefficient (Wildman–Crippen LogP) is 0.0451. The molecule has 94 valence electrons. The van der Waals surface area contributed by atoms with Crippen LogP contribution in [0, 0.1) is 5.92 Å². The highest BCUT2D eigenvalue weighted by atomic mass is 32.2. The summed E-state index contributed by atoms with van der Waals surface area (Å²) in [6.45, 7) is 1.75. The third kappa shape index (κ3) is 2.47. The molecule has 1 heterocycles. The minimum Gasteiger partial charge on any atom is -0.454 e. The summed E-state index contributed by atoms with van der Waals surface area (Å²) >= 11 is 0. The van der Waals surface area contributed by atoms with Crippen molar-refractivity contribution in [3.8, 4) is 0 Å². The van der Waals surface area contributed by atoms with Crippen molar-refractivity contribution in [2.45, 2.75) is 18.3 Å². The summed E-state index contributed by atoms with van der Waals surface area (Å²) in [6, 6.07) is 0. The van der Waals surface area contributed by atoms with Crippen molar-refractivity contribution >= 4 is 16.1 Å². The fourth-order valence-corrected chi connectivity index (χ4v) is 1.36. The second kappa shape index (κ2) is 4.22. The van der Waals surface area contributed by atoms with Gasteiger partial charge in [0.2, 0.25) is 0 Å². The van der Waals surface area contributed by atoms with Gasteiger partial charge in [-0.3, -0.25) is 4.55 Å². The number of carbonyl (C=O) groups excluding carboxylic acids is 1. The van der Waals surface area contributed by atoms with E-state index in [1.165, 1.54) is 0 Å². The molecular formula is C7H10F2O6S. The molecule has 0 aliphatic carbocycles. The lowest BCUT2D eigenvalue weighted by Gasteiger charge is -2.17. The van der Waals surface area contributed by atoms with Crippen molar-refractivity contribution in [2.75, 3.05) is 13.2 Å². The van der Waals surface area contributed by atoms with Gasteiger partial charge in [-0.1, -0.05) is 6.92 Å². The van der Waals surface area contributed by atoms with Crippen LogP contribution in [0.25, 0.3) is 0 Å². The smallest absolute Gasteiger partial charge is 0.454 e. The third-order valence-electron chi connectivity index (χ3n) is 2.12. The lowest BCUT2D eigenvalue weighted by molar-refractivity contribution is -0.168. The van der Waals surface area contributed by atoms with E-state index in [9.17, 15) is 22.0 Å². The first kappa shape index (κ1) is 13.3. The van der Waals surface area contributed by atoms with E-state index in [0.717, 1.165) is 0 Å². The summed E-state index contributed by atoms with van der Waals surface area (Å²) < 4.78 is 63.2. The van der Waals surface area contributed by atoms with Gasteiger partial charge in [0.25, 0.3) is 0 Å². The molecule has 0 radical (unpaired) electrons. The third-order valence-corrected chi connectivity index (χ3v) is 2.93. The van der Waals surface area contributed by atoms with Gasteiger partial charge in [0.15, 0.2) is 0 Å². The van der Waals surface area contributed by atoms with E-state index in [-0.39, 0.29) is 19.1 Å². The molecule has 2 unspecified atom stereocenters. The summed E-state index contributed by atoms with van der Waals surface area (Å²) in [6.07, 6.45) is -0.930. The number of alkyl halides is 2. The first-order chi connectivity index (χ1) is 7.16. The first-order valence-electron chi connectivity index (χ1n) is 4.30. The number of hydrogen-bond acceptors (Lipinski definition) is 5. The normalized spacial score (nSPS) is 26.8. The molecule has 1 saturated heterocycles. The summed E-state index contributed by atoms with van der Waals surface area (Å²) in [7, 11) is -5.81. The van der Waals surface area contributed by atoms with Crippen molar-refractivity contribution < 1.29 is 36.0 Å². The van der Waals surface area contributed by atoms with Gasteiger partial charge in [-0.15, -0.1) is 0 Å². The molecule has 0 saturated carbocycles.